The summed E-state index contributed by atoms with van der Waals surface area (Å²) in [5.41, 5.74) is 3.33. The summed E-state index contributed by atoms with van der Waals surface area (Å²) in [6.07, 6.45) is 0. The average Bonchev–Trinajstić information content (AvgIpc) is 3.04. The molecule has 138 valence electrons. The minimum Gasteiger partial charge on any atom is -0.497 e. The smallest absolute Gasteiger partial charge is 0.211 e. The molecule has 0 N–H and O–H groups in total. The van der Waals surface area contributed by atoms with E-state index in [1.165, 1.54) is 0 Å². The zero-order valence-corrected chi connectivity index (χ0v) is 15.7. The molecule has 5 nitrogen and oxygen atoms in total. The molecule has 4 rings (SSSR count). The minimum absolute atomic E-state index is 0.0806. The molecule has 0 saturated carbocycles. The van der Waals surface area contributed by atoms with Gasteiger partial charge in [0.15, 0.2) is 0 Å². The number of para-hydroxylation sites is 1. The standard InChI is InChI=1S/C23H19N3O2/c1-26-20-11-7-6-10-19(20)21(22(26)23(27)16-8-4-3-5-9-16)25-24-17-12-14-18(28-2)15-13-17/h3-15H,1-2H3. The van der Waals surface area contributed by atoms with Gasteiger partial charge in [0, 0.05) is 18.0 Å². The van der Waals surface area contributed by atoms with Crippen molar-refractivity contribution in [2.24, 2.45) is 17.3 Å². The van der Waals surface area contributed by atoms with Gasteiger partial charge < -0.3 is 9.30 Å². The number of ketones is 1. The predicted molar refractivity (Wildman–Crippen MR) is 110 cm³/mol. The molecule has 0 atom stereocenters. The highest BCUT2D eigenvalue weighted by Gasteiger charge is 2.22. The Morgan fingerprint density at radius 3 is 2.25 bits per heavy atom. The lowest BCUT2D eigenvalue weighted by molar-refractivity contribution is 0.103. The van der Waals surface area contributed by atoms with E-state index in [1.807, 2.05) is 90.5 Å². The van der Waals surface area contributed by atoms with Crippen LogP contribution in [-0.2, 0) is 7.05 Å². The second kappa shape index (κ2) is 7.48. The van der Waals surface area contributed by atoms with Crippen LogP contribution < -0.4 is 4.74 Å². The van der Waals surface area contributed by atoms with Gasteiger partial charge in [0.05, 0.1) is 18.3 Å². The molecule has 4 aromatic rings. The van der Waals surface area contributed by atoms with Crippen molar-refractivity contribution in [2.75, 3.05) is 7.11 Å². The molecule has 1 aromatic heterocycles. The Morgan fingerprint density at radius 2 is 1.54 bits per heavy atom. The first kappa shape index (κ1) is 17.7. The fourth-order valence-corrected chi connectivity index (χ4v) is 3.22. The number of fused-ring (bicyclic) bond motifs is 1. The van der Waals surface area contributed by atoms with E-state index in [0.717, 1.165) is 16.7 Å². The molecule has 0 aliphatic carbocycles. The number of carbonyl (C=O) groups is 1. The van der Waals surface area contributed by atoms with E-state index in [0.29, 0.717) is 22.6 Å². The van der Waals surface area contributed by atoms with Gasteiger partial charge in [0.25, 0.3) is 0 Å². The average molecular weight is 369 g/mol. The minimum atomic E-state index is -0.0806. The SMILES string of the molecule is COc1ccc(N=Nc2c(C(=O)c3ccccc3)n(C)c3ccccc23)cc1. The van der Waals surface area contributed by atoms with Crippen LogP contribution in [0.25, 0.3) is 10.9 Å². The fourth-order valence-electron chi connectivity index (χ4n) is 3.22. The van der Waals surface area contributed by atoms with Crippen molar-refractivity contribution in [3.63, 3.8) is 0 Å². The topological polar surface area (TPSA) is 56.0 Å². The van der Waals surface area contributed by atoms with Crippen LogP contribution in [0.2, 0.25) is 0 Å². The Morgan fingerprint density at radius 1 is 0.857 bits per heavy atom. The van der Waals surface area contributed by atoms with Gasteiger partial charge in [-0.25, -0.2) is 0 Å². The number of benzene rings is 3. The van der Waals surface area contributed by atoms with Crippen molar-refractivity contribution in [3.05, 3.63) is 90.1 Å². The number of hydrogen-bond donors (Lipinski definition) is 0. The van der Waals surface area contributed by atoms with E-state index in [4.69, 9.17) is 4.74 Å². The Balaban J connectivity index is 1.84. The number of azo groups is 1. The number of nitrogens with zero attached hydrogens (tertiary/aromatic N) is 3. The largest absolute Gasteiger partial charge is 0.497 e. The summed E-state index contributed by atoms with van der Waals surface area (Å²) in [7, 11) is 3.50. The van der Waals surface area contributed by atoms with Crippen LogP contribution in [0.1, 0.15) is 16.1 Å². The molecule has 1 heterocycles. The van der Waals surface area contributed by atoms with Gasteiger partial charge in [-0.05, 0) is 30.3 Å². The van der Waals surface area contributed by atoms with E-state index in [-0.39, 0.29) is 5.78 Å². The first-order valence-electron chi connectivity index (χ1n) is 8.92. The van der Waals surface area contributed by atoms with Crippen LogP contribution >= 0.6 is 0 Å². The fraction of sp³-hybridized carbons (Fsp3) is 0.0870. The van der Waals surface area contributed by atoms with Gasteiger partial charge in [0.2, 0.25) is 5.78 Å². The van der Waals surface area contributed by atoms with Crippen LogP contribution in [-0.4, -0.2) is 17.5 Å². The molecule has 0 radical (unpaired) electrons. The van der Waals surface area contributed by atoms with Crippen LogP contribution in [0.5, 0.6) is 5.75 Å². The van der Waals surface area contributed by atoms with Gasteiger partial charge in [-0.3, -0.25) is 4.79 Å². The zero-order valence-electron chi connectivity index (χ0n) is 15.7. The van der Waals surface area contributed by atoms with Crippen LogP contribution in [0.3, 0.4) is 0 Å². The number of rotatable bonds is 5. The second-order valence-electron chi connectivity index (χ2n) is 6.37. The lowest BCUT2D eigenvalue weighted by Gasteiger charge is -2.04. The van der Waals surface area contributed by atoms with E-state index in [2.05, 4.69) is 10.2 Å². The molecule has 0 amide bonds. The van der Waals surface area contributed by atoms with Crippen LogP contribution in [0.4, 0.5) is 11.4 Å². The molecule has 0 spiro atoms. The molecule has 0 bridgehead atoms. The third-order valence-electron chi connectivity index (χ3n) is 4.67. The third-order valence-corrected chi connectivity index (χ3v) is 4.67. The summed E-state index contributed by atoms with van der Waals surface area (Å²) in [5, 5.41) is 9.72. The summed E-state index contributed by atoms with van der Waals surface area (Å²) in [6.45, 7) is 0. The molecule has 5 heteroatoms. The molecule has 0 saturated heterocycles. The maximum absolute atomic E-state index is 13.2. The summed E-state index contributed by atoms with van der Waals surface area (Å²) in [5.74, 6) is 0.673. The van der Waals surface area contributed by atoms with Gasteiger partial charge in [-0.1, -0.05) is 48.5 Å². The van der Waals surface area contributed by atoms with Crippen molar-refractivity contribution >= 4 is 28.1 Å². The molecule has 0 aliphatic rings. The highest BCUT2D eigenvalue weighted by atomic mass is 16.5. The quantitative estimate of drug-likeness (QED) is 0.328. The molecule has 0 aliphatic heterocycles. The van der Waals surface area contributed by atoms with Gasteiger partial charge in [-0.15, -0.1) is 5.11 Å². The maximum Gasteiger partial charge on any atom is 0.211 e. The lowest BCUT2D eigenvalue weighted by Crippen LogP contribution is -2.07. The molecular formula is C23H19N3O2. The Kier molecular flexibility index (Phi) is 4.72. The lowest BCUT2D eigenvalue weighted by atomic mass is 10.1. The van der Waals surface area contributed by atoms with Crippen molar-refractivity contribution in [1.29, 1.82) is 0 Å². The van der Waals surface area contributed by atoms with Crippen molar-refractivity contribution in [1.82, 2.24) is 4.57 Å². The number of hydrogen-bond acceptors (Lipinski definition) is 4. The van der Waals surface area contributed by atoms with E-state index in [9.17, 15) is 4.79 Å². The summed E-state index contributed by atoms with van der Waals surface area (Å²) < 4.78 is 7.05. The first-order valence-corrected chi connectivity index (χ1v) is 8.92. The molecule has 28 heavy (non-hydrogen) atoms. The summed E-state index contributed by atoms with van der Waals surface area (Å²) >= 11 is 0. The number of ether oxygens (including phenoxy) is 1. The Labute approximate surface area is 162 Å². The molecular weight excluding hydrogens is 350 g/mol. The highest BCUT2D eigenvalue weighted by molar-refractivity contribution is 6.15. The normalized spacial score (nSPS) is 11.2. The highest BCUT2D eigenvalue weighted by Crippen LogP contribution is 2.35. The number of methoxy groups -OCH3 is 1. The Bertz CT molecular complexity index is 1160. The van der Waals surface area contributed by atoms with Crippen molar-refractivity contribution in [2.45, 2.75) is 0 Å². The van der Waals surface area contributed by atoms with Gasteiger partial charge in [0.1, 0.15) is 17.1 Å². The van der Waals surface area contributed by atoms with Crippen LogP contribution in [0.15, 0.2) is 89.1 Å². The van der Waals surface area contributed by atoms with E-state index >= 15 is 0 Å². The van der Waals surface area contributed by atoms with E-state index in [1.54, 1.807) is 7.11 Å². The number of aromatic nitrogens is 1. The second-order valence-corrected chi connectivity index (χ2v) is 6.37. The van der Waals surface area contributed by atoms with E-state index < -0.39 is 0 Å². The first-order chi connectivity index (χ1) is 13.7. The Hall–Kier alpha value is -3.73. The van der Waals surface area contributed by atoms with Crippen molar-refractivity contribution < 1.29 is 9.53 Å². The summed E-state index contributed by atoms with van der Waals surface area (Å²) in [6, 6.07) is 24.3. The van der Waals surface area contributed by atoms with Gasteiger partial charge in [-0.2, -0.15) is 5.11 Å². The third kappa shape index (κ3) is 3.18. The molecule has 0 unspecified atom stereocenters. The molecule has 3 aromatic carbocycles. The monoisotopic (exact) mass is 369 g/mol. The molecule has 0 fully saturated rings. The van der Waals surface area contributed by atoms with Crippen LogP contribution in [0, 0.1) is 0 Å². The number of carbonyl (C=O) groups excluding carboxylic acids is 1. The van der Waals surface area contributed by atoms with Gasteiger partial charge >= 0.3 is 0 Å². The maximum atomic E-state index is 13.2. The van der Waals surface area contributed by atoms with Crippen molar-refractivity contribution in [3.8, 4) is 5.75 Å². The predicted octanol–water partition coefficient (Wildman–Crippen LogP) is 5.83. The number of aryl methyl sites for hydroxylation is 1. The summed E-state index contributed by atoms with van der Waals surface area (Å²) in [4.78, 5) is 13.2. The zero-order chi connectivity index (χ0) is 19.5.